The molecule has 25 heavy (non-hydrogen) atoms. The van der Waals surface area contributed by atoms with Crippen molar-refractivity contribution in [3.8, 4) is 0 Å². The fourth-order valence-corrected chi connectivity index (χ4v) is 3.54. The average Bonchev–Trinajstić information content (AvgIpc) is 2.57. The molecule has 0 radical (unpaired) electrons. The largest absolute Gasteiger partial charge is 0.379 e. The molecule has 0 aliphatic carbocycles. The highest BCUT2D eigenvalue weighted by Gasteiger charge is 2.30. The predicted octanol–water partition coefficient (Wildman–Crippen LogP) is 3.28. The molecule has 130 valence electrons. The Hall–Kier alpha value is -2.48. The minimum absolute atomic E-state index is 0.128. The van der Waals surface area contributed by atoms with Crippen LogP contribution in [0.2, 0.25) is 0 Å². The topological polar surface area (TPSA) is 80.4 Å². The Labute approximate surface area is 147 Å². The maximum atomic E-state index is 14.1. The molecule has 0 fully saturated rings. The number of carbonyl (C=O) groups excluding carboxylic acids is 1. The number of aliphatic imine (C=N–C) groups is 1. The first-order chi connectivity index (χ1) is 11.9. The summed E-state index contributed by atoms with van der Waals surface area (Å²) < 4.78 is 27.0. The van der Waals surface area contributed by atoms with Crippen LogP contribution in [-0.4, -0.2) is 21.8 Å². The molecule has 0 bridgehead atoms. The quantitative estimate of drug-likeness (QED) is 0.878. The summed E-state index contributed by atoms with van der Waals surface area (Å²) in [6.45, 7) is 1.90. The summed E-state index contributed by atoms with van der Waals surface area (Å²) in [5.74, 6) is -0.911. The number of nitrogens with zero attached hydrogens (tertiary/aromatic N) is 2. The van der Waals surface area contributed by atoms with Gasteiger partial charge in [-0.25, -0.2) is 13.8 Å². The number of amidine groups is 1. The van der Waals surface area contributed by atoms with Crippen molar-refractivity contribution in [2.75, 3.05) is 11.1 Å². The Morgan fingerprint density at radius 1 is 1.32 bits per heavy atom. The molecule has 2 heterocycles. The van der Waals surface area contributed by atoms with E-state index in [4.69, 9.17) is 5.73 Å². The lowest BCUT2D eigenvalue weighted by Gasteiger charge is -2.30. The predicted molar refractivity (Wildman–Crippen MR) is 94.6 cm³/mol. The molecule has 1 amide bonds. The van der Waals surface area contributed by atoms with Crippen molar-refractivity contribution in [2.45, 2.75) is 18.9 Å². The molecule has 0 saturated carbocycles. The van der Waals surface area contributed by atoms with Crippen molar-refractivity contribution >= 4 is 28.7 Å². The first kappa shape index (κ1) is 17.3. The third-order valence-electron chi connectivity index (χ3n) is 4.00. The SMILES string of the molecule is CC1(c2ccc(F)c(C(=O)Nc3ccc(F)cn3)c2)CCSC(N)=N1. The van der Waals surface area contributed by atoms with Gasteiger partial charge < -0.3 is 11.1 Å². The van der Waals surface area contributed by atoms with Gasteiger partial charge in [0.2, 0.25) is 0 Å². The van der Waals surface area contributed by atoms with Gasteiger partial charge in [0.25, 0.3) is 5.91 Å². The number of pyridine rings is 1. The molecule has 0 spiro atoms. The summed E-state index contributed by atoms with van der Waals surface area (Å²) in [5.41, 5.74) is 5.78. The van der Waals surface area contributed by atoms with Crippen LogP contribution in [-0.2, 0) is 5.54 Å². The Morgan fingerprint density at radius 3 is 2.80 bits per heavy atom. The lowest BCUT2D eigenvalue weighted by atomic mass is 9.88. The van der Waals surface area contributed by atoms with Crippen LogP contribution in [0.25, 0.3) is 0 Å². The van der Waals surface area contributed by atoms with Crippen LogP contribution in [0.4, 0.5) is 14.6 Å². The zero-order valence-electron chi connectivity index (χ0n) is 13.4. The first-order valence-corrected chi connectivity index (χ1v) is 8.57. The molecule has 1 aliphatic rings. The van der Waals surface area contributed by atoms with Gasteiger partial charge in [-0.2, -0.15) is 0 Å². The normalized spacial score (nSPS) is 20.0. The molecule has 1 aromatic heterocycles. The van der Waals surface area contributed by atoms with Gasteiger partial charge in [0, 0.05) is 5.75 Å². The second-order valence-electron chi connectivity index (χ2n) is 5.83. The van der Waals surface area contributed by atoms with Crippen molar-refractivity contribution in [2.24, 2.45) is 10.7 Å². The van der Waals surface area contributed by atoms with Gasteiger partial charge in [0.05, 0.1) is 17.3 Å². The summed E-state index contributed by atoms with van der Waals surface area (Å²) in [4.78, 5) is 20.6. The summed E-state index contributed by atoms with van der Waals surface area (Å²) >= 11 is 1.47. The molecule has 3 N–H and O–H groups in total. The van der Waals surface area contributed by atoms with E-state index in [-0.39, 0.29) is 11.4 Å². The number of hydrogen-bond acceptors (Lipinski definition) is 5. The van der Waals surface area contributed by atoms with Crippen LogP contribution in [0, 0.1) is 11.6 Å². The van der Waals surface area contributed by atoms with E-state index in [1.807, 2.05) is 6.92 Å². The Morgan fingerprint density at radius 2 is 2.12 bits per heavy atom. The van der Waals surface area contributed by atoms with Crippen LogP contribution in [0.1, 0.15) is 29.3 Å². The summed E-state index contributed by atoms with van der Waals surface area (Å²) in [6, 6.07) is 6.78. The molecule has 1 aliphatic heterocycles. The third-order valence-corrected chi connectivity index (χ3v) is 4.79. The van der Waals surface area contributed by atoms with Crippen molar-refractivity contribution < 1.29 is 13.6 Å². The molecule has 1 aromatic carbocycles. The number of amides is 1. The van der Waals surface area contributed by atoms with Gasteiger partial charge in [-0.15, -0.1) is 0 Å². The van der Waals surface area contributed by atoms with Gasteiger partial charge in [-0.1, -0.05) is 17.8 Å². The number of thioether (sulfide) groups is 1. The average molecular weight is 362 g/mol. The second kappa shape index (κ2) is 6.79. The monoisotopic (exact) mass is 362 g/mol. The molecular formula is C17H16F2N4OS. The molecular weight excluding hydrogens is 346 g/mol. The van der Waals surface area contributed by atoms with E-state index >= 15 is 0 Å². The Bertz CT molecular complexity index is 841. The first-order valence-electron chi connectivity index (χ1n) is 7.58. The highest BCUT2D eigenvalue weighted by atomic mass is 32.2. The van der Waals surface area contributed by atoms with Crippen LogP contribution in [0.15, 0.2) is 41.5 Å². The van der Waals surface area contributed by atoms with Crippen LogP contribution in [0.5, 0.6) is 0 Å². The van der Waals surface area contributed by atoms with Gasteiger partial charge >= 0.3 is 0 Å². The minimum Gasteiger partial charge on any atom is -0.379 e. The number of benzene rings is 1. The molecule has 1 atom stereocenters. The molecule has 0 saturated heterocycles. The smallest absolute Gasteiger partial charge is 0.259 e. The van der Waals surface area contributed by atoms with Crippen LogP contribution < -0.4 is 11.1 Å². The third kappa shape index (κ3) is 3.79. The highest BCUT2D eigenvalue weighted by Crippen LogP contribution is 2.35. The van der Waals surface area contributed by atoms with E-state index < -0.39 is 23.1 Å². The maximum Gasteiger partial charge on any atom is 0.259 e. The lowest BCUT2D eigenvalue weighted by molar-refractivity contribution is 0.102. The molecule has 8 heteroatoms. The summed E-state index contributed by atoms with van der Waals surface area (Å²) in [5, 5.41) is 2.93. The van der Waals surface area contributed by atoms with Crippen molar-refractivity contribution in [3.63, 3.8) is 0 Å². The van der Waals surface area contributed by atoms with Gasteiger partial charge in [0.15, 0.2) is 5.17 Å². The Balaban J connectivity index is 1.90. The van der Waals surface area contributed by atoms with Gasteiger partial charge in [-0.3, -0.25) is 9.79 Å². The number of carbonyl (C=O) groups is 1. The number of anilines is 1. The van der Waals surface area contributed by atoms with E-state index in [0.29, 0.717) is 10.7 Å². The fraction of sp³-hybridized carbons (Fsp3) is 0.235. The Kier molecular flexibility index (Phi) is 4.71. The zero-order valence-corrected chi connectivity index (χ0v) is 14.2. The van der Waals surface area contributed by atoms with Crippen LogP contribution >= 0.6 is 11.8 Å². The number of hydrogen-bond donors (Lipinski definition) is 2. The van der Waals surface area contributed by atoms with Crippen molar-refractivity contribution in [1.82, 2.24) is 4.98 Å². The number of nitrogens with two attached hydrogens (primary N) is 1. The number of nitrogens with one attached hydrogen (secondary N) is 1. The minimum atomic E-state index is -0.663. The highest BCUT2D eigenvalue weighted by molar-refractivity contribution is 8.13. The summed E-state index contributed by atoms with van der Waals surface area (Å²) in [6.07, 6.45) is 1.70. The van der Waals surface area contributed by atoms with E-state index in [1.165, 1.54) is 30.0 Å². The lowest BCUT2D eigenvalue weighted by Crippen LogP contribution is -2.29. The number of halogens is 2. The molecule has 1 unspecified atom stereocenters. The van der Waals surface area contributed by atoms with Crippen molar-refractivity contribution in [3.05, 3.63) is 59.3 Å². The van der Waals surface area contributed by atoms with Crippen LogP contribution in [0.3, 0.4) is 0 Å². The summed E-state index contributed by atoms with van der Waals surface area (Å²) in [7, 11) is 0. The number of rotatable bonds is 3. The van der Waals surface area contributed by atoms with Gasteiger partial charge in [-0.05, 0) is 43.2 Å². The fourth-order valence-electron chi connectivity index (χ4n) is 2.56. The van der Waals surface area contributed by atoms with E-state index in [9.17, 15) is 13.6 Å². The number of aromatic nitrogens is 1. The van der Waals surface area contributed by atoms with E-state index in [0.717, 1.165) is 24.4 Å². The second-order valence-corrected chi connectivity index (χ2v) is 6.95. The standard InChI is InChI=1S/C17H16F2N4OS/c1-17(6-7-25-16(20)23-17)10-2-4-13(19)12(8-10)15(24)22-14-5-3-11(18)9-21-14/h2-5,8-9H,6-7H2,1H3,(H2,20,23)(H,21,22,24). The van der Waals surface area contributed by atoms with Gasteiger partial charge in [0.1, 0.15) is 17.5 Å². The molecule has 2 aromatic rings. The molecule has 5 nitrogen and oxygen atoms in total. The maximum absolute atomic E-state index is 14.1. The van der Waals surface area contributed by atoms with Crippen molar-refractivity contribution in [1.29, 1.82) is 0 Å². The zero-order chi connectivity index (χ0) is 18.0. The van der Waals surface area contributed by atoms with E-state index in [2.05, 4.69) is 15.3 Å². The molecule has 3 rings (SSSR count). The van der Waals surface area contributed by atoms with E-state index in [1.54, 1.807) is 6.07 Å².